The average Bonchev–Trinajstić information content (AvgIpc) is 2.57. The average molecular weight is 325 g/mol. The summed E-state index contributed by atoms with van der Waals surface area (Å²) in [5, 5.41) is 13.9. The zero-order valence-corrected chi connectivity index (χ0v) is 13.5. The van der Waals surface area contributed by atoms with Gasteiger partial charge in [0.25, 0.3) is 5.69 Å². The molecule has 1 aliphatic rings. The smallest absolute Gasteiger partial charge is 0.293 e. The molecule has 0 radical (unpaired) electrons. The van der Waals surface area contributed by atoms with Crippen LogP contribution in [0.5, 0.6) is 0 Å². The first-order valence-electron chi connectivity index (χ1n) is 7.93. The predicted octanol–water partition coefficient (Wildman–Crippen LogP) is 3.29. The standard InChI is InChI=1S/C18H19N3O3/c1-13-6-4-10-16(21(23)24)18(13)19-17(22)12-20-11-5-8-14-7-2-3-9-15(14)20/h2-4,6-7,9-10H,5,8,11-12H2,1H3,(H,19,22). The van der Waals surface area contributed by atoms with Crippen molar-refractivity contribution < 1.29 is 9.72 Å². The summed E-state index contributed by atoms with van der Waals surface area (Å²) in [6, 6.07) is 12.8. The van der Waals surface area contributed by atoms with Gasteiger partial charge in [0.2, 0.25) is 5.91 Å². The van der Waals surface area contributed by atoms with Gasteiger partial charge in [0.05, 0.1) is 11.5 Å². The molecule has 124 valence electrons. The van der Waals surface area contributed by atoms with Crippen LogP contribution in [0, 0.1) is 17.0 Å². The number of amides is 1. The van der Waals surface area contributed by atoms with Crippen LogP contribution in [0.25, 0.3) is 0 Å². The fourth-order valence-electron chi connectivity index (χ4n) is 3.10. The van der Waals surface area contributed by atoms with Crippen LogP contribution in [-0.2, 0) is 11.2 Å². The van der Waals surface area contributed by atoms with Crippen molar-refractivity contribution in [3.8, 4) is 0 Å². The molecule has 1 N–H and O–H groups in total. The van der Waals surface area contributed by atoms with Crippen molar-refractivity contribution in [1.82, 2.24) is 0 Å². The van der Waals surface area contributed by atoms with Gasteiger partial charge in [-0.1, -0.05) is 30.3 Å². The number of rotatable bonds is 4. The molecule has 0 saturated heterocycles. The van der Waals surface area contributed by atoms with Crippen LogP contribution in [-0.4, -0.2) is 23.9 Å². The Labute approximate surface area is 140 Å². The molecule has 2 aromatic rings. The molecule has 0 fully saturated rings. The Morgan fingerprint density at radius 2 is 2.04 bits per heavy atom. The molecule has 0 saturated carbocycles. The van der Waals surface area contributed by atoms with Gasteiger partial charge >= 0.3 is 0 Å². The molecule has 0 bridgehead atoms. The van der Waals surface area contributed by atoms with E-state index in [1.54, 1.807) is 19.1 Å². The van der Waals surface area contributed by atoms with E-state index in [1.165, 1.54) is 11.6 Å². The molecule has 0 unspecified atom stereocenters. The number of benzene rings is 2. The summed E-state index contributed by atoms with van der Waals surface area (Å²) in [6.07, 6.45) is 2.01. The van der Waals surface area contributed by atoms with Crippen molar-refractivity contribution in [3.63, 3.8) is 0 Å². The van der Waals surface area contributed by atoms with Crippen molar-refractivity contribution in [2.75, 3.05) is 23.3 Å². The highest BCUT2D eigenvalue weighted by Crippen LogP contribution is 2.29. The fourth-order valence-corrected chi connectivity index (χ4v) is 3.10. The molecular weight excluding hydrogens is 306 g/mol. The van der Waals surface area contributed by atoms with E-state index >= 15 is 0 Å². The quantitative estimate of drug-likeness (QED) is 0.691. The molecule has 1 aliphatic heterocycles. The highest BCUT2D eigenvalue weighted by Gasteiger charge is 2.21. The van der Waals surface area contributed by atoms with Crippen LogP contribution in [0.2, 0.25) is 0 Å². The first-order chi connectivity index (χ1) is 11.6. The minimum absolute atomic E-state index is 0.0811. The monoisotopic (exact) mass is 325 g/mol. The third-order valence-electron chi connectivity index (χ3n) is 4.25. The Bertz CT molecular complexity index is 789. The highest BCUT2D eigenvalue weighted by molar-refractivity contribution is 5.97. The van der Waals surface area contributed by atoms with E-state index in [-0.39, 0.29) is 23.8 Å². The lowest BCUT2D eigenvalue weighted by atomic mass is 10.0. The van der Waals surface area contributed by atoms with Crippen LogP contribution in [0.1, 0.15) is 17.5 Å². The lowest BCUT2D eigenvalue weighted by Crippen LogP contribution is -2.36. The second kappa shape index (κ2) is 6.70. The fraction of sp³-hybridized carbons (Fsp3) is 0.278. The number of carbonyl (C=O) groups excluding carboxylic acids is 1. The van der Waals surface area contributed by atoms with E-state index in [2.05, 4.69) is 11.4 Å². The van der Waals surface area contributed by atoms with Gasteiger partial charge in [0.1, 0.15) is 5.69 Å². The molecule has 3 rings (SSSR count). The number of nitro benzene ring substituents is 1. The summed E-state index contributed by atoms with van der Waals surface area (Å²) in [6.45, 7) is 2.74. The Morgan fingerprint density at radius 1 is 1.25 bits per heavy atom. The number of fused-ring (bicyclic) bond motifs is 1. The van der Waals surface area contributed by atoms with E-state index in [1.807, 2.05) is 23.1 Å². The van der Waals surface area contributed by atoms with Gasteiger partial charge in [0.15, 0.2) is 0 Å². The normalized spacial score (nSPS) is 13.3. The number of anilines is 2. The van der Waals surface area contributed by atoms with Gasteiger partial charge < -0.3 is 10.2 Å². The molecule has 2 aromatic carbocycles. The zero-order chi connectivity index (χ0) is 17.1. The number of carbonyl (C=O) groups is 1. The van der Waals surface area contributed by atoms with Crippen LogP contribution in [0.3, 0.4) is 0 Å². The van der Waals surface area contributed by atoms with Crippen LogP contribution in [0.15, 0.2) is 42.5 Å². The largest absolute Gasteiger partial charge is 0.362 e. The molecule has 0 spiro atoms. The van der Waals surface area contributed by atoms with Crippen molar-refractivity contribution in [3.05, 3.63) is 63.7 Å². The Balaban J connectivity index is 1.77. The number of hydrogen-bond acceptors (Lipinski definition) is 4. The molecule has 24 heavy (non-hydrogen) atoms. The number of para-hydroxylation sites is 2. The maximum atomic E-state index is 12.4. The third-order valence-corrected chi connectivity index (χ3v) is 4.25. The van der Waals surface area contributed by atoms with Crippen molar-refractivity contribution in [1.29, 1.82) is 0 Å². The van der Waals surface area contributed by atoms with Crippen molar-refractivity contribution in [2.45, 2.75) is 19.8 Å². The van der Waals surface area contributed by atoms with Crippen LogP contribution >= 0.6 is 0 Å². The maximum absolute atomic E-state index is 12.4. The van der Waals surface area contributed by atoms with Gasteiger partial charge in [-0.2, -0.15) is 0 Å². The second-order valence-corrected chi connectivity index (χ2v) is 5.93. The van der Waals surface area contributed by atoms with Gasteiger partial charge in [-0.15, -0.1) is 0 Å². The number of hydrogen-bond donors (Lipinski definition) is 1. The second-order valence-electron chi connectivity index (χ2n) is 5.93. The first-order valence-corrected chi connectivity index (χ1v) is 7.93. The van der Waals surface area contributed by atoms with E-state index in [4.69, 9.17) is 0 Å². The van der Waals surface area contributed by atoms with Crippen molar-refractivity contribution in [2.24, 2.45) is 0 Å². The molecule has 1 heterocycles. The van der Waals surface area contributed by atoms with Crippen LogP contribution in [0.4, 0.5) is 17.1 Å². The molecule has 6 heteroatoms. The number of nitrogens with one attached hydrogen (secondary N) is 1. The molecule has 0 aromatic heterocycles. The Kier molecular flexibility index (Phi) is 4.46. The van der Waals surface area contributed by atoms with Gasteiger partial charge in [-0.3, -0.25) is 14.9 Å². The Morgan fingerprint density at radius 3 is 2.83 bits per heavy atom. The summed E-state index contributed by atoms with van der Waals surface area (Å²) < 4.78 is 0. The number of nitro groups is 1. The topological polar surface area (TPSA) is 75.5 Å². The van der Waals surface area contributed by atoms with Gasteiger partial charge in [0, 0.05) is 18.3 Å². The van der Waals surface area contributed by atoms with Crippen LogP contribution < -0.4 is 10.2 Å². The van der Waals surface area contributed by atoms with E-state index < -0.39 is 4.92 Å². The summed E-state index contributed by atoms with van der Waals surface area (Å²) >= 11 is 0. The highest BCUT2D eigenvalue weighted by atomic mass is 16.6. The maximum Gasteiger partial charge on any atom is 0.293 e. The minimum Gasteiger partial charge on any atom is -0.362 e. The Hall–Kier alpha value is -2.89. The summed E-state index contributed by atoms with van der Waals surface area (Å²) in [7, 11) is 0. The molecule has 1 amide bonds. The van der Waals surface area contributed by atoms with Gasteiger partial charge in [-0.25, -0.2) is 0 Å². The molecule has 0 aliphatic carbocycles. The molecule has 0 atom stereocenters. The number of aryl methyl sites for hydroxylation is 2. The zero-order valence-electron chi connectivity index (χ0n) is 13.5. The SMILES string of the molecule is Cc1cccc([N+](=O)[O-])c1NC(=O)CN1CCCc2ccccc21. The van der Waals surface area contributed by atoms with E-state index in [9.17, 15) is 14.9 Å². The van der Waals surface area contributed by atoms with E-state index in [0.29, 0.717) is 5.56 Å². The predicted molar refractivity (Wildman–Crippen MR) is 93.4 cm³/mol. The van der Waals surface area contributed by atoms with Gasteiger partial charge in [-0.05, 0) is 37.0 Å². The molecular formula is C18H19N3O3. The lowest BCUT2D eigenvalue weighted by Gasteiger charge is -2.30. The summed E-state index contributed by atoms with van der Waals surface area (Å²) in [4.78, 5) is 25.1. The van der Waals surface area contributed by atoms with E-state index in [0.717, 1.165) is 25.1 Å². The first kappa shape index (κ1) is 16.0. The third kappa shape index (κ3) is 3.22. The lowest BCUT2D eigenvalue weighted by molar-refractivity contribution is -0.384. The minimum atomic E-state index is -0.473. The van der Waals surface area contributed by atoms with Crippen molar-refractivity contribution >= 4 is 23.0 Å². The summed E-state index contributed by atoms with van der Waals surface area (Å²) in [5.41, 5.74) is 3.17. The number of nitrogens with zero attached hydrogens (tertiary/aromatic N) is 2. The summed E-state index contributed by atoms with van der Waals surface area (Å²) in [5.74, 6) is -0.246. The molecule has 6 nitrogen and oxygen atoms in total.